The predicted molar refractivity (Wildman–Crippen MR) is 79.3 cm³/mol. The zero-order valence-corrected chi connectivity index (χ0v) is 12.3. The summed E-state index contributed by atoms with van der Waals surface area (Å²) in [5, 5.41) is 3.81. The topological polar surface area (TPSA) is 24.5 Å². The highest BCUT2D eigenvalue weighted by Crippen LogP contribution is 2.19. The number of benzene rings is 1. The molecule has 1 heterocycles. The molecule has 1 saturated heterocycles. The summed E-state index contributed by atoms with van der Waals surface area (Å²) in [5.41, 5.74) is 1.37. The molecule has 3 unspecified atom stereocenters. The van der Waals surface area contributed by atoms with Gasteiger partial charge in [-0.25, -0.2) is 0 Å². The van der Waals surface area contributed by atoms with Crippen LogP contribution in [0.3, 0.4) is 0 Å². The lowest BCUT2D eigenvalue weighted by molar-refractivity contribution is 0.0106. The molecule has 1 aromatic rings. The molecule has 0 saturated carbocycles. The average molecular weight is 262 g/mol. The first kappa shape index (κ1) is 14.5. The maximum absolute atomic E-state index is 5.63. The smallest absolute Gasteiger partial charge is 0.0561 e. The van der Waals surface area contributed by atoms with Crippen LogP contribution in [0.25, 0.3) is 0 Å². The van der Waals surface area contributed by atoms with Crippen molar-refractivity contribution in [3.05, 3.63) is 35.9 Å². The molecule has 3 nitrogen and oxygen atoms in total. The fraction of sp³-hybridized carbons (Fsp3) is 0.625. The van der Waals surface area contributed by atoms with Crippen LogP contribution in [0.1, 0.15) is 31.4 Å². The van der Waals surface area contributed by atoms with E-state index in [4.69, 9.17) is 4.74 Å². The lowest BCUT2D eigenvalue weighted by Crippen LogP contribution is -2.42. The molecule has 106 valence electrons. The van der Waals surface area contributed by atoms with E-state index in [0.717, 1.165) is 26.0 Å². The monoisotopic (exact) mass is 262 g/mol. The number of rotatable bonds is 5. The number of ether oxygens (including phenoxy) is 1. The molecule has 1 aliphatic heterocycles. The maximum atomic E-state index is 5.63. The molecule has 1 aliphatic rings. The van der Waals surface area contributed by atoms with Crippen LogP contribution in [0.5, 0.6) is 0 Å². The average Bonchev–Trinajstić information content (AvgIpc) is 2.38. The van der Waals surface area contributed by atoms with Gasteiger partial charge in [-0.1, -0.05) is 30.3 Å². The number of hydrogen-bond acceptors (Lipinski definition) is 3. The van der Waals surface area contributed by atoms with E-state index in [1.807, 2.05) is 0 Å². The van der Waals surface area contributed by atoms with Gasteiger partial charge in [0.25, 0.3) is 0 Å². The minimum absolute atomic E-state index is 0.377. The first-order valence-electron chi connectivity index (χ1n) is 7.22. The number of likely N-dealkylation sites (N-methyl/N-ethyl adjacent to an activating group) is 1. The van der Waals surface area contributed by atoms with Gasteiger partial charge in [-0.3, -0.25) is 0 Å². The molecule has 1 N–H and O–H groups in total. The van der Waals surface area contributed by atoms with Crippen LogP contribution in [0.4, 0.5) is 0 Å². The molecule has 3 heteroatoms. The van der Waals surface area contributed by atoms with Crippen LogP contribution in [0.2, 0.25) is 0 Å². The van der Waals surface area contributed by atoms with Crippen molar-refractivity contribution in [2.45, 2.75) is 38.0 Å². The second-order valence-corrected chi connectivity index (χ2v) is 5.79. The normalized spacial score (nSPS) is 25.5. The number of nitrogens with one attached hydrogen (secondary N) is 1. The molecule has 0 bridgehead atoms. The molecule has 0 amide bonds. The van der Waals surface area contributed by atoms with Crippen LogP contribution in [-0.2, 0) is 4.74 Å². The quantitative estimate of drug-likeness (QED) is 0.882. The van der Waals surface area contributed by atoms with Gasteiger partial charge in [-0.2, -0.15) is 0 Å². The van der Waals surface area contributed by atoms with Crippen molar-refractivity contribution in [1.29, 1.82) is 0 Å². The molecular weight excluding hydrogens is 236 g/mol. The molecule has 0 radical (unpaired) electrons. The fourth-order valence-electron chi connectivity index (χ4n) is 2.74. The molecule has 19 heavy (non-hydrogen) atoms. The van der Waals surface area contributed by atoms with Gasteiger partial charge in [-0.15, -0.1) is 0 Å². The van der Waals surface area contributed by atoms with Gasteiger partial charge in [0.1, 0.15) is 0 Å². The van der Waals surface area contributed by atoms with Gasteiger partial charge in [0.15, 0.2) is 0 Å². The van der Waals surface area contributed by atoms with Crippen molar-refractivity contribution in [3.8, 4) is 0 Å². The summed E-state index contributed by atoms with van der Waals surface area (Å²) in [6.07, 6.45) is 2.60. The van der Waals surface area contributed by atoms with E-state index in [-0.39, 0.29) is 0 Å². The Morgan fingerprint density at radius 1 is 1.32 bits per heavy atom. The first-order chi connectivity index (χ1) is 9.15. The Kier molecular flexibility index (Phi) is 5.37. The van der Waals surface area contributed by atoms with E-state index in [1.165, 1.54) is 5.56 Å². The SMILES string of the molecule is CC1CC(NC(CN(C)C)c2ccccc2)CCO1. The molecule has 0 aliphatic carbocycles. The van der Waals surface area contributed by atoms with Gasteiger partial charge in [0.05, 0.1) is 6.10 Å². The Labute approximate surface area is 116 Å². The molecule has 0 aromatic heterocycles. The molecule has 1 aromatic carbocycles. The predicted octanol–water partition coefficient (Wildman–Crippen LogP) is 2.45. The third-order valence-electron chi connectivity index (χ3n) is 3.67. The van der Waals surface area contributed by atoms with Gasteiger partial charge < -0.3 is 15.0 Å². The van der Waals surface area contributed by atoms with E-state index in [1.54, 1.807) is 0 Å². The largest absolute Gasteiger partial charge is 0.378 e. The van der Waals surface area contributed by atoms with Crippen molar-refractivity contribution in [1.82, 2.24) is 10.2 Å². The van der Waals surface area contributed by atoms with E-state index in [9.17, 15) is 0 Å². The van der Waals surface area contributed by atoms with Crippen LogP contribution >= 0.6 is 0 Å². The summed E-state index contributed by atoms with van der Waals surface area (Å²) in [6.45, 7) is 4.06. The second kappa shape index (κ2) is 7.04. The highest BCUT2D eigenvalue weighted by atomic mass is 16.5. The molecular formula is C16H26N2O. The standard InChI is InChI=1S/C16H26N2O/c1-13-11-15(9-10-19-13)17-16(12-18(2)3)14-7-5-4-6-8-14/h4-8,13,15-17H,9-12H2,1-3H3. The van der Waals surface area contributed by atoms with Crippen molar-refractivity contribution >= 4 is 0 Å². The van der Waals surface area contributed by atoms with Crippen molar-refractivity contribution in [3.63, 3.8) is 0 Å². The maximum Gasteiger partial charge on any atom is 0.0561 e. The van der Waals surface area contributed by atoms with Crippen LogP contribution < -0.4 is 5.32 Å². The summed E-state index contributed by atoms with van der Waals surface area (Å²) in [4.78, 5) is 2.24. The molecule has 3 atom stereocenters. The van der Waals surface area contributed by atoms with Gasteiger partial charge in [0.2, 0.25) is 0 Å². The zero-order valence-electron chi connectivity index (χ0n) is 12.3. The summed E-state index contributed by atoms with van der Waals surface area (Å²) < 4.78 is 5.63. The van der Waals surface area contributed by atoms with Crippen LogP contribution in [0, 0.1) is 0 Å². The zero-order chi connectivity index (χ0) is 13.7. The van der Waals surface area contributed by atoms with Crippen molar-refractivity contribution in [2.75, 3.05) is 27.2 Å². The summed E-state index contributed by atoms with van der Waals surface area (Å²) in [6, 6.07) is 11.7. The lowest BCUT2D eigenvalue weighted by Gasteiger charge is -2.33. The van der Waals surface area contributed by atoms with E-state index in [2.05, 4.69) is 61.6 Å². The fourth-order valence-corrected chi connectivity index (χ4v) is 2.74. The Morgan fingerprint density at radius 2 is 2.05 bits per heavy atom. The Hall–Kier alpha value is -0.900. The minimum Gasteiger partial charge on any atom is -0.378 e. The van der Waals surface area contributed by atoms with Crippen LogP contribution in [-0.4, -0.2) is 44.3 Å². The molecule has 2 rings (SSSR count). The number of hydrogen-bond donors (Lipinski definition) is 1. The van der Waals surface area contributed by atoms with Gasteiger partial charge in [-0.05, 0) is 39.4 Å². The Morgan fingerprint density at radius 3 is 2.68 bits per heavy atom. The highest BCUT2D eigenvalue weighted by molar-refractivity contribution is 5.19. The summed E-state index contributed by atoms with van der Waals surface area (Å²) in [7, 11) is 4.26. The third kappa shape index (κ3) is 4.60. The summed E-state index contributed by atoms with van der Waals surface area (Å²) >= 11 is 0. The van der Waals surface area contributed by atoms with E-state index >= 15 is 0 Å². The molecule has 0 spiro atoms. The second-order valence-electron chi connectivity index (χ2n) is 5.79. The number of nitrogens with zero attached hydrogens (tertiary/aromatic N) is 1. The van der Waals surface area contributed by atoms with Crippen molar-refractivity contribution in [2.24, 2.45) is 0 Å². The van der Waals surface area contributed by atoms with E-state index < -0.39 is 0 Å². The lowest BCUT2D eigenvalue weighted by atomic mass is 10.00. The Balaban J connectivity index is 2.01. The van der Waals surface area contributed by atoms with Crippen LogP contribution in [0.15, 0.2) is 30.3 Å². The first-order valence-corrected chi connectivity index (χ1v) is 7.22. The third-order valence-corrected chi connectivity index (χ3v) is 3.67. The summed E-state index contributed by atoms with van der Waals surface area (Å²) in [5.74, 6) is 0. The van der Waals surface area contributed by atoms with Gasteiger partial charge >= 0.3 is 0 Å². The van der Waals surface area contributed by atoms with Crippen molar-refractivity contribution < 1.29 is 4.74 Å². The van der Waals surface area contributed by atoms with E-state index in [0.29, 0.717) is 18.2 Å². The molecule has 1 fully saturated rings. The minimum atomic E-state index is 0.377. The van der Waals surface area contributed by atoms with Gasteiger partial charge in [0, 0.05) is 25.2 Å². The Bertz CT molecular complexity index is 366. The highest BCUT2D eigenvalue weighted by Gasteiger charge is 2.23.